The van der Waals surface area contributed by atoms with Crippen molar-refractivity contribution in [3.05, 3.63) is 41.2 Å². The van der Waals surface area contributed by atoms with Crippen LogP contribution in [-0.2, 0) is 17.8 Å². The first kappa shape index (κ1) is 14.0. The topological polar surface area (TPSA) is 63.9 Å². The summed E-state index contributed by atoms with van der Waals surface area (Å²) >= 11 is 5.97. The summed E-state index contributed by atoms with van der Waals surface area (Å²) in [6.07, 6.45) is 5.95. The minimum Gasteiger partial charge on any atom is -0.338 e. The molecule has 3 rings (SSSR count). The van der Waals surface area contributed by atoms with Gasteiger partial charge in [0.15, 0.2) is 0 Å². The molecule has 0 radical (unpaired) electrons. The third kappa shape index (κ3) is 3.05. The van der Waals surface area contributed by atoms with Crippen LogP contribution in [0.5, 0.6) is 0 Å². The lowest BCUT2D eigenvalue weighted by Crippen LogP contribution is -2.37. The molecular weight excluding hydrogens is 290 g/mol. The zero-order valence-electron chi connectivity index (χ0n) is 11.7. The highest BCUT2D eigenvalue weighted by Crippen LogP contribution is 2.22. The lowest BCUT2D eigenvalue weighted by atomic mass is 10.0. The molecule has 0 fully saturated rings. The van der Waals surface area contributed by atoms with Crippen molar-refractivity contribution in [1.29, 1.82) is 0 Å². The normalized spacial score (nSPS) is 15.6. The number of aromatic nitrogens is 4. The monoisotopic (exact) mass is 305 g/mol. The summed E-state index contributed by atoms with van der Waals surface area (Å²) in [5.74, 6) is 0.114. The standard InChI is InChI=1S/C14H16ClN5O/c1-10(20-9-16-8-18-20)4-14(21)19-3-2-13-11(7-19)5-12(15)6-17-13/h5-6,8-10H,2-4,7H2,1H3/t10-/m0/s1. The zero-order chi connectivity index (χ0) is 14.8. The SMILES string of the molecule is C[C@@H](CC(=O)N1CCc2ncc(Cl)cc2C1)n1cncn1. The fourth-order valence-electron chi connectivity index (χ4n) is 2.53. The van der Waals surface area contributed by atoms with Gasteiger partial charge in [0.2, 0.25) is 5.91 Å². The second-order valence-electron chi connectivity index (χ2n) is 5.25. The third-order valence-electron chi connectivity index (χ3n) is 3.72. The first-order valence-electron chi connectivity index (χ1n) is 6.88. The summed E-state index contributed by atoms with van der Waals surface area (Å²) in [6.45, 7) is 3.24. The maximum atomic E-state index is 12.4. The molecule has 21 heavy (non-hydrogen) atoms. The number of carbonyl (C=O) groups is 1. The average Bonchev–Trinajstić information content (AvgIpc) is 3.00. The quantitative estimate of drug-likeness (QED) is 0.868. The third-order valence-corrected chi connectivity index (χ3v) is 3.92. The van der Waals surface area contributed by atoms with Crippen LogP contribution in [0.25, 0.3) is 0 Å². The summed E-state index contributed by atoms with van der Waals surface area (Å²) < 4.78 is 1.70. The highest BCUT2D eigenvalue weighted by atomic mass is 35.5. The van der Waals surface area contributed by atoms with Crippen molar-refractivity contribution in [2.75, 3.05) is 6.54 Å². The Morgan fingerprint density at radius 3 is 3.14 bits per heavy atom. The Morgan fingerprint density at radius 2 is 2.38 bits per heavy atom. The van der Waals surface area contributed by atoms with Crippen LogP contribution in [0.2, 0.25) is 5.02 Å². The first-order chi connectivity index (χ1) is 10.1. The van der Waals surface area contributed by atoms with E-state index in [1.807, 2.05) is 17.9 Å². The lowest BCUT2D eigenvalue weighted by Gasteiger charge is -2.29. The number of hydrogen-bond donors (Lipinski definition) is 0. The first-order valence-corrected chi connectivity index (χ1v) is 7.26. The molecule has 1 atom stereocenters. The van der Waals surface area contributed by atoms with E-state index in [-0.39, 0.29) is 11.9 Å². The summed E-state index contributed by atoms with van der Waals surface area (Å²) in [4.78, 5) is 22.5. The fourth-order valence-corrected chi connectivity index (χ4v) is 2.71. The number of nitrogens with zero attached hydrogens (tertiary/aromatic N) is 5. The number of carbonyl (C=O) groups excluding carboxylic acids is 1. The van der Waals surface area contributed by atoms with Gasteiger partial charge in [-0.25, -0.2) is 9.67 Å². The molecule has 0 bridgehead atoms. The van der Waals surface area contributed by atoms with E-state index in [9.17, 15) is 4.79 Å². The second-order valence-corrected chi connectivity index (χ2v) is 5.69. The van der Waals surface area contributed by atoms with Crippen molar-refractivity contribution >= 4 is 17.5 Å². The molecule has 0 aliphatic carbocycles. The molecule has 1 aliphatic heterocycles. The molecule has 0 spiro atoms. The van der Waals surface area contributed by atoms with Gasteiger partial charge in [-0.15, -0.1) is 0 Å². The summed E-state index contributed by atoms with van der Waals surface area (Å²) in [6, 6.07) is 1.89. The Labute approximate surface area is 127 Å². The number of pyridine rings is 1. The van der Waals surface area contributed by atoms with E-state index in [0.717, 1.165) is 17.7 Å². The van der Waals surface area contributed by atoms with Crippen LogP contribution in [0, 0.1) is 0 Å². The van der Waals surface area contributed by atoms with Crippen molar-refractivity contribution in [3.63, 3.8) is 0 Å². The van der Waals surface area contributed by atoms with E-state index in [2.05, 4.69) is 15.1 Å². The van der Waals surface area contributed by atoms with Gasteiger partial charge in [-0.05, 0) is 18.6 Å². The molecule has 2 aromatic heterocycles. The zero-order valence-corrected chi connectivity index (χ0v) is 12.5. The molecule has 0 saturated carbocycles. The Kier molecular flexibility index (Phi) is 3.88. The van der Waals surface area contributed by atoms with E-state index in [1.54, 1.807) is 17.2 Å². The van der Waals surface area contributed by atoms with E-state index >= 15 is 0 Å². The Balaban J connectivity index is 1.67. The predicted octanol–water partition coefficient (Wildman–Crippen LogP) is 1.86. The maximum Gasteiger partial charge on any atom is 0.225 e. The molecule has 0 aromatic carbocycles. The largest absolute Gasteiger partial charge is 0.338 e. The average molecular weight is 306 g/mol. The Hall–Kier alpha value is -1.95. The van der Waals surface area contributed by atoms with Gasteiger partial charge in [0.05, 0.1) is 11.1 Å². The molecule has 7 heteroatoms. The van der Waals surface area contributed by atoms with Gasteiger partial charge in [0.25, 0.3) is 0 Å². The van der Waals surface area contributed by atoms with Gasteiger partial charge in [-0.1, -0.05) is 11.6 Å². The van der Waals surface area contributed by atoms with Crippen LogP contribution in [0.4, 0.5) is 0 Å². The van der Waals surface area contributed by atoms with Gasteiger partial charge in [0, 0.05) is 37.8 Å². The molecule has 0 unspecified atom stereocenters. The Morgan fingerprint density at radius 1 is 1.52 bits per heavy atom. The smallest absolute Gasteiger partial charge is 0.225 e. The van der Waals surface area contributed by atoms with Gasteiger partial charge in [-0.2, -0.15) is 5.10 Å². The molecule has 6 nitrogen and oxygen atoms in total. The minimum atomic E-state index is -0.00103. The van der Waals surface area contributed by atoms with Crippen molar-refractivity contribution in [1.82, 2.24) is 24.6 Å². The van der Waals surface area contributed by atoms with Crippen molar-refractivity contribution in [2.24, 2.45) is 0 Å². The summed E-state index contributed by atoms with van der Waals surface area (Å²) in [7, 11) is 0. The van der Waals surface area contributed by atoms with Crippen LogP contribution in [0.3, 0.4) is 0 Å². The second kappa shape index (κ2) is 5.81. The molecule has 0 saturated heterocycles. The van der Waals surface area contributed by atoms with E-state index in [1.165, 1.54) is 6.33 Å². The molecule has 2 aromatic rings. The summed E-state index contributed by atoms with van der Waals surface area (Å²) in [5, 5.41) is 4.68. The lowest BCUT2D eigenvalue weighted by molar-refractivity contribution is -0.132. The van der Waals surface area contributed by atoms with Gasteiger partial charge in [0.1, 0.15) is 12.7 Å². The number of hydrogen-bond acceptors (Lipinski definition) is 4. The highest BCUT2D eigenvalue weighted by Gasteiger charge is 2.23. The van der Waals surface area contributed by atoms with Crippen LogP contribution in [-0.4, -0.2) is 37.1 Å². The van der Waals surface area contributed by atoms with Crippen LogP contribution in [0.1, 0.15) is 30.6 Å². The minimum absolute atomic E-state index is 0.00103. The number of amides is 1. The van der Waals surface area contributed by atoms with Crippen LogP contribution < -0.4 is 0 Å². The maximum absolute atomic E-state index is 12.4. The van der Waals surface area contributed by atoms with Gasteiger partial charge in [-0.3, -0.25) is 9.78 Å². The van der Waals surface area contributed by atoms with Crippen LogP contribution in [0.15, 0.2) is 24.9 Å². The molecule has 110 valence electrons. The number of rotatable bonds is 3. The van der Waals surface area contributed by atoms with Crippen LogP contribution >= 0.6 is 11.6 Å². The summed E-state index contributed by atoms with van der Waals surface area (Å²) in [5.41, 5.74) is 2.07. The van der Waals surface area contributed by atoms with Gasteiger partial charge < -0.3 is 4.90 Å². The van der Waals surface area contributed by atoms with E-state index in [4.69, 9.17) is 11.6 Å². The fraction of sp³-hybridized carbons (Fsp3) is 0.429. The number of fused-ring (bicyclic) bond motifs is 1. The van der Waals surface area contributed by atoms with E-state index < -0.39 is 0 Å². The van der Waals surface area contributed by atoms with Crippen molar-refractivity contribution in [3.8, 4) is 0 Å². The predicted molar refractivity (Wildman–Crippen MR) is 77.7 cm³/mol. The highest BCUT2D eigenvalue weighted by molar-refractivity contribution is 6.30. The number of halogens is 1. The molecule has 0 N–H and O–H groups in total. The van der Waals surface area contributed by atoms with E-state index in [0.29, 0.717) is 24.5 Å². The molecule has 3 heterocycles. The Bertz CT molecular complexity index is 643. The van der Waals surface area contributed by atoms with Gasteiger partial charge >= 0.3 is 0 Å². The van der Waals surface area contributed by atoms with Crippen molar-refractivity contribution < 1.29 is 4.79 Å². The molecule has 1 aliphatic rings. The molecular formula is C14H16ClN5O. The molecule has 1 amide bonds. The van der Waals surface area contributed by atoms with Crippen molar-refractivity contribution in [2.45, 2.75) is 32.4 Å².